The molecular weight excluding hydrogens is 316 g/mol. The minimum absolute atomic E-state index is 0.0194. The number of carbonyl (C=O) groups is 1. The van der Waals surface area contributed by atoms with E-state index in [1.807, 2.05) is 19.1 Å². The van der Waals surface area contributed by atoms with E-state index in [1.54, 1.807) is 0 Å². The second kappa shape index (κ2) is 7.74. The van der Waals surface area contributed by atoms with Crippen LogP contribution in [0.3, 0.4) is 0 Å². The SMILES string of the molecule is Cc1cccc(CCCNC(=O)c2ccc(Cl)c([N+](=O)[O-])c2)c1. The summed E-state index contributed by atoms with van der Waals surface area (Å²) in [6, 6.07) is 12.3. The van der Waals surface area contributed by atoms with Gasteiger partial charge in [0.2, 0.25) is 0 Å². The van der Waals surface area contributed by atoms with E-state index in [9.17, 15) is 14.9 Å². The molecule has 0 saturated carbocycles. The molecule has 0 radical (unpaired) electrons. The van der Waals surface area contributed by atoms with E-state index in [0.717, 1.165) is 12.8 Å². The highest BCUT2D eigenvalue weighted by Crippen LogP contribution is 2.24. The molecule has 0 atom stereocenters. The first-order valence-corrected chi connectivity index (χ1v) is 7.63. The van der Waals surface area contributed by atoms with E-state index in [2.05, 4.69) is 17.4 Å². The third-order valence-corrected chi connectivity index (χ3v) is 3.73. The molecule has 0 aromatic heterocycles. The van der Waals surface area contributed by atoms with E-state index < -0.39 is 4.92 Å². The van der Waals surface area contributed by atoms with Crippen molar-refractivity contribution >= 4 is 23.2 Å². The van der Waals surface area contributed by atoms with Crippen molar-refractivity contribution in [2.24, 2.45) is 0 Å². The molecular formula is C17H17ClN2O3. The number of carbonyl (C=O) groups excluding carboxylic acids is 1. The zero-order valence-corrected chi connectivity index (χ0v) is 13.5. The lowest BCUT2D eigenvalue weighted by Gasteiger charge is -2.06. The van der Waals surface area contributed by atoms with Crippen molar-refractivity contribution < 1.29 is 9.72 Å². The Hall–Kier alpha value is -2.40. The monoisotopic (exact) mass is 332 g/mol. The molecule has 1 amide bonds. The number of nitro benzene ring substituents is 1. The minimum atomic E-state index is -0.600. The summed E-state index contributed by atoms with van der Waals surface area (Å²) in [6.07, 6.45) is 1.66. The van der Waals surface area contributed by atoms with Crippen LogP contribution < -0.4 is 5.32 Å². The Kier molecular flexibility index (Phi) is 5.71. The van der Waals surface area contributed by atoms with Crippen molar-refractivity contribution in [1.82, 2.24) is 5.32 Å². The molecule has 0 unspecified atom stereocenters. The molecule has 0 spiro atoms. The maximum atomic E-state index is 12.0. The van der Waals surface area contributed by atoms with Gasteiger partial charge in [0.15, 0.2) is 0 Å². The average Bonchev–Trinajstić information content (AvgIpc) is 2.51. The van der Waals surface area contributed by atoms with Gasteiger partial charge in [-0.1, -0.05) is 41.4 Å². The first kappa shape index (κ1) is 17.0. The van der Waals surface area contributed by atoms with E-state index in [0.29, 0.717) is 6.54 Å². The van der Waals surface area contributed by atoms with Gasteiger partial charge in [0.25, 0.3) is 11.6 Å². The lowest BCUT2D eigenvalue weighted by Crippen LogP contribution is -2.24. The van der Waals surface area contributed by atoms with Crippen LogP contribution in [0.5, 0.6) is 0 Å². The molecule has 5 nitrogen and oxygen atoms in total. The van der Waals surface area contributed by atoms with Crippen molar-refractivity contribution in [2.45, 2.75) is 19.8 Å². The first-order chi connectivity index (χ1) is 11.0. The maximum Gasteiger partial charge on any atom is 0.288 e. The van der Waals surface area contributed by atoms with Crippen molar-refractivity contribution in [3.63, 3.8) is 0 Å². The molecule has 0 bridgehead atoms. The predicted octanol–water partition coefficient (Wildman–Crippen LogP) is 3.92. The van der Waals surface area contributed by atoms with Crippen LogP contribution in [-0.4, -0.2) is 17.4 Å². The van der Waals surface area contributed by atoms with Gasteiger partial charge in [-0.3, -0.25) is 14.9 Å². The molecule has 2 aromatic carbocycles. The van der Waals surface area contributed by atoms with Crippen LogP contribution in [0, 0.1) is 17.0 Å². The number of benzene rings is 2. The maximum absolute atomic E-state index is 12.0. The topological polar surface area (TPSA) is 72.2 Å². The summed E-state index contributed by atoms with van der Waals surface area (Å²) >= 11 is 5.73. The molecule has 1 N–H and O–H groups in total. The second-order valence-electron chi connectivity index (χ2n) is 5.27. The molecule has 120 valence electrons. The van der Waals surface area contributed by atoms with Crippen LogP contribution in [0.25, 0.3) is 0 Å². The Morgan fingerprint density at radius 2 is 2.04 bits per heavy atom. The van der Waals surface area contributed by atoms with Gasteiger partial charge >= 0.3 is 0 Å². The number of nitrogens with zero attached hydrogens (tertiary/aromatic N) is 1. The van der Waals surface area contributed by atoms with Crippen LogP contribution in [0.4, 0.5) is 5.69 Å². The Bertz CT molecular complexity index is 732. The molecule has 23 heavy (non-hydrogen) atoms. The summed E-state index contributed by atoms with van der Waals surface area (Å²) in [5, 5.41) is 13.6. The fourth-order valence-corrected chi connectivity index (χ4v) is 2.44. The van der Waals surface area contributed by atoms with E-state index in [-0.39, 0.29) is 22.2 Å². The first-order valence-electron chi connectivity index (χ1n) is 7.25. The average molecular weight is 333 g/mol. The number of rotatable bonds is 6. The fourth-order valence-electron chi connectivity index (χ4n) is 2.26. The Morgan fingerprint density at radius 1 is 1.26 bits per heavy atom. The smallest absolute Gasteiger partial charge is 0.288 e. The van der Waals surface area contributed by atoms with Gasteiger partial charge in [-0.2, -0.15) is 0 Å². The summed E-state index contributed by atoms with van der Waals surface area (Å²) in [5.41, 5.74) is 2.40. The molecule has 0 aliphatic heterocycles. The van der Waals surface area contributed by atoms with Gasteiger partial charge in [-0.25, -0.2) is 0 Å². The van der Waals surface area contributed by atoms with Crippen LogP contribution in [0.1, 0.15) is 27.9 Å². The van der Waals surface area contributed by atoms with E-state index in [4.69, 9.17) is 11.6 Å². The van der Waals surface area contributed by atoms with Crippen LogP contribution >= 0.6 is 11.6 Å². The van der Waals surface area contributed by atoms with Gasteiger partial charge in [-0.15, -0.1) is 0 Å². The summed E-state index contributed by atoms with van der Waals surface area (Å²) in [7, 11) is 0. The highest BCUT2D eigenvalue weighted by atomic mass is 35.5. The standard InChI is InChI=1S/C17H17ClN2O3/c1-12-4-2-5-13(10-12)6-3-9-19-17(21)14-7-8-15(18)16(11-14)20(22)23/h2,4-5,7-8,10-11H,3,6,9H2,1H3,(H,19,21). The normalized spacial score (nSPS) is 10.3. The third-order valence-electron chi connectivity index (χ3n) is 3.42. The number of aryl methyl sites for hydroxylation is 2. The zero-order chi connectivity index (χ0) is 16.8. The lowest BCUT2D eigenvalue weighted by molar-refractivity contribution is -0.384. The van der Waals surface area contributed by atoms with Gasteiger partial charge in [0.1, 0.15) is 5.02 Å². The van der Waals surface area contributed by atoms with Crippen molar-refractivity contribution in [1.29, 1.82) is 0 Å². The Balaban J connectivity index is 1.88. The van der Waals surface area contributed by atoms with Crippen molar-refractivity contribution in [3.05, 3.63) is 74.3 Å². The third kappa shape index (κ3) is 4.79. The Morgan fingerprint density at radius 3 is 2.74 bits per heavy atom. The van der Waals surface area contributed by atoms with E-state index in [1.165, 1.54) is 29.3 Å². The molecule has 0 aliphatic carbocycles. The summed E-state index contributed by atoms with van der Waals surface area (Å²) < 4.78 is 0. The fraction of sp³-hybridized carbons (Fsp3) is 0.235. The number of halogens is 1. The number of amides is 1. The Labute approximate surface area is 139 Å². The van der Waals surface area contributed by atoms with Gasteiger partial charge < -0.3 is 5.32 Å². The van der Waals surface area contributed by atoms with Crippen LogP contribution in [0.2, 0.25) is 5.02 Å². The molecule has 2 rings (SSSR count). The van der Waals surface area contributed by atoms with Gasteiger partial charge in [0.05, 0.1) is 4.92 Å². The molecule has 0 aliphatic rings. The number of nitro groups is 1. The van der Waals surface area contributed by atoms with Crippen LogP contribution in [0.15, 0.2) is 42.5 Å². The summed E-state index contributed by atoms with van der Waals surface area (Å²) in [6.45, 7) is 2.54. The molecule has 6 heteroatoms. The van der Waals surface area contributed by atoms with Crippen molar-refractivity contribution in [3.8, 4) is 0 Å². The minimum Gasteiger partial charge on any atom is -0.352 e. The largest absolute Gasteiger partial charge is 0.352 e. The quantitative estimate of drug-likeness (QED) is 0.495. The van der Waals surface area contributed by atoms with Gasteiger partial charge in [-0.05, 0) is 37.5 Å². The second-order valence-corrected chi connectivity index (χ2v) is 5.68. The molecule has 0 heterocycles. The van der Waals surface area contributed by atoms with Crippen LogP contribution in [-0.2, 0) is 6.42 Å². The molecule has 2 aromatic rings. The summed E-state index contributed by atoms with van der Waals surface area (Å²) in [5.74, 6) is -0.339. The summed E-state index contributed by atoms with van der Waals surface area (Å²) in [4.78, 5) is 22.2. The number of hydrogen-bond acceptors (Lipinski definition) is 3. The zero-order valence-electron chi connectivity index (χ0n) is 12.7. The number of nitrogens with one attached hydrogen (secondary N) is 1. The lowest BCUT2D eigenvalue weighted by atomic mass is 10.1. The van der Waals surface area contributed by atoms with E-state index >= 15 is 0 Å². The highest BCUT2D eigenvalue weighted by molar-refractivity contribution is 6.32. The predicted molar refractivity (Wildman–Crippen MR) is 89.9 cm³/mol. The molecule has 0 fully saturated rings. The van der Waals surface area contributed by atoms with Crippen molar-refractivity contribution in [2.75, 3.05) is 6.54 Å². The van der Waals surface area contributed by atoms with Gasteiger partial charge in [0, 0.05) is 18.2 Å². The highest BCUT2D eigenvalue weighted by Gasteiger charge is 2.15. The molecule has 0 saturated heterocycles. The number of hydrogen-bond donors (Lipinski definition) is 1.